The van der Waals surface area contributed by atoms with Crippen LogP contribution in [0.15, 0.2) is 6.07 Å². The lowest BCUT2D eigenvalue weighted by atomic mass is 10.3. The third kappa shape index (κ3) is 2.26. The molecule has 5 nitrogen and oxygen atoms in total. The van der Waals surface area contributed by atoms with E-state index < -0.39 is 0 Å². The largest absolute Gasteiger partial charge is 0.382 e. The summed E-state index contributed by atoms with van der Waals surface area (Å²) in [6, 6.07) is 1.54. The Morgan fingerprint density at radius 3 is 3.00 bits per heavy atom. The Hall–Kier alpha value is -1.17. The summed E-state index contributed by atoms with van der Waals surface area (Å²) in [5, 5.41) is 9.17. The van der Waals surface area contributed by atoms with E-state index in [0.29, 0.717) is 18.1 Å². The quantitative estimate of drug-likeness (QED) is 0.702. The molecule has 1 heterocycles. The van der Waals surface area contributed by atoms with Crippen molar-refractivity contribution in [3.8, 4) is 0 Å². The lowest BCUT2D eigenvalue weighted by Crippen LogP contribution is -2.31. The maximum absolute atomic E-state index is 11.6. The highest BCUT2D eigenvalue weighted by molar-refractivity contribution is 8.00. The molecule has 0 unspecified atom stereocenters. The van der Waals surface area contributed by atoms with E-state index in [1.165, 1.54) is 18.9 Å². The van der Waals surface area contributed by atoms with Gasteiger partial charge in [-0.15, -0.1) is 0 Å². The normalized spacial score (nSPS) is 17.4. The molecule has 15 heavy (non-hydrogen) atoms. The Labute approximate surface area is 92.2 Å². The molecule has 1 aromatic rings. The van der Waals surface area contributed by atoms with E-state index in [9.17, 15) is 4.79 Å². The van der Waals surface area contributed by atoms with E-state index in [1.54, 1.807) is 0 Å². The van der Waals surface area contributed by atoms with Crippen LogP contribution in [0, 0.1) is 0 Å². The number of nitrogens with zero attached hydrogens (tertiary/aromatic N) is 1. The summed E-state index contributed by atoms with van der Waals surface area (Å²) in [5.74, 6) is 0.200. The summed E-state index contributed by atoms with van der Waals surface area (Å²) in [6.45, 7) is 0.714. The number of hydrogen-bond acceptors (Lipinski definition) is 4. The molecular weight excluding hydrogens is 212 g/mol. The summed E-state index contributed by atoms with van der Waals surface area (Å²) in [5.41, 5.74) is 5.83. The molecule has 0 radical (unpaired) electrons. The van der Waals surface area contributed by atoms with Crippen molar-refractivity contribution in [1.82, 2.24) is 15.5 Å². The molecule has 1 aliphatic rings. The van der Waals surface area contributed by atoms with Gasteiger partial charge in [0.2, 0.25) is 0 Å². The Balaban J connectivity index is 1.88. The van der Waals surface area contributed by atoms with Gasteiger partial charge in [0.05, 0.1) is 0 Å². The highest BCUT2D eigenvalue weighted by Crippen LogP contribution is 2.46. The molecule has 4 N–H and O–H groups in total. The van der Waals surface area contributed by atoms with Gasteiger partial charge in [-0.2, -0.15) is 16.9 Å². The average molecular weight is 226 g/mol. The molecule has 2 rings (SSSR count). The van der Waals surface area contributed by atoms with E-state index in [2.05, 4.69) is 21.8 Å². The highest BCUT2D eigenvalue weighted by atomic mass is 32.2. The molecule has 1 aromatic heterocycles. The SMILES string of the molecule is CSC1(CNC(=O)c2cc(N)n[nH]2)CC1. The van der Waals surface area contributed by atoms with Crippen LogP contribution in [0.1, 0.15) is 23.3 Å². The average Bonchev–Trinajstić information content (AvgIpc) is 2.90. The summed E-state index contributed by atoms with van der Waals surface area (Å²) < 4.78 is 0.279. The third-order valence-corrected chi connectivity index (χ3v) is 4.07. The smallest absolute Gasteiger partial charge is 0.269 e. The lowest BCUT2D eigenvalue weighted by Gasteiger charge is -2.11. The molecule has 0 aliphatic heterocycles. The molecule has 82 valence electrons. The fourth-order valence-corrected chi connectivity index (χ4v) is 2.11. The minimum atomic E-state index is -0.139. The van der Waals surface area contributed by atoms with Crippen molar-refractivity contribution in [3.05, 3.63) is 11.8 Å². The molecule has 0 saturated heterocycles. The van der Waals surface area contributed by atoms with Gasteiger partial charge < -0.3 is 11.1 Å². The zero-order chi connectivity index (χ0) is 10.9. The number of carbonyl (C=O) groups excluding carboxylic acids is 1. The number of aromatic amines is 1. The van der Waals surface area contributed by atoms with Crippen molar-refractivity contribution in [1.29, 1.82) is 0 Å². The van der Waals surface area contributed by atoms with Crippen LogP contribution in [0.4, 0.5) is 5.82 Å². The van der Waals surface area contributed by atoms with E-state index in [-0.39, 0.29) is 10.7 Å². The van der Waals surface area contributed by atoms with Gasteiger partial charge in [0, 0.05) is 17.4 Å². The molecule has 1 aliphatic carbocycles. The number of rotatable bonds is 4. The Morgan fingerprint density at radius 1 is 1.80 bits per heavy atom. The van der Waals surface area contributed by atoms with Crippen LogP contribution < -0.4 is 11.1 Å². The van der Waals surface area contributed by atoms with Gasteiger partial charge in [-0.1, -0.05) is 0 Å². The molecule has 0 atom stereocenters. The highest BCUT2D eigenvalue weighted by Gasteiger charge is 2.41. The molecular formula is C9H14N4OS. The summed E-state index contributed by atoms with van der Waals surface area (Å²) in [7, 11) is 0. The number of H-pyrrole nitrogens is 1. The number of nitrogen functional groups attached to an aromatic ring is 1. The summed E-state index contributed by atoms with van der Waals surface area (Å²) >= 11 is 1.82. The number of hydrogen-bond donors (Lipinski definition) is 3. The van der Waals surface area contributed by atoms with Gasteiger partial charge in [-0.25, -0.2) is 0 Å². The van der Waals surface area contributed by atoms with Crippen LogP contribution >= 0.6 is 11.8 Å². The molecule has 0 aromatic carbocycles. The summed E-state index contributed by atoms with van der Waals surface area (Å²) in [4.78, 5) is 11.6. The van der Waals surface area contributed by atoms with E-state index >= 15 is 0 Å². The van der Waals surface area contributed by atoms with Gasteiger partial charge in [0.15, 0.2) is 0 Å². The zero-order valence-electron chi connectivity index (χ0n) is 8.54. The van der Waals surface area contributed by atoms with Gasteiger partial charge in [0.1, 0.15) is 11.5 Å². The predicted molar refractivity (Wildman–Crippen MR) is 60.8 cm³/mol. The van der Waals surface area contributed by atoms with Crippen LogP contribution in [0.25, 0.3) is 0 Å². The Bertz CT molecular complexity index is 372. The van der Waals surface area contributed by atoms with Gasteiger partial charge in [-0.05, 0) is 19.1 Å². The number of nitrogens with one attached hydrogen (secondary N) is 2. The van der Waals surface area contributed by atoms with Crippen molar-refractivity contribution in [2.45, 2.75) is 17.6 Å². The van der Waals surface area contributed by atoms with Crippen molar-refractivity contribution >= 4 is 23.5 Å². The molecule has 0 bridgehead atoms. The predicted octanol–water partition coefficient (Wildman–Crippen LogP) is 0.617. The number of amides is 1. The van der Waals surface area contributed by atoms with Gasteiger partial charge in [0.25, 0.3) is 5.91 Å². The molecule has 1 amide bonds. The van der Waals surface area contributed by atoms with E-state index in [1.807, 2.05) is 11.8 Å². The first-order chi connectivity index (χ1) is 7.15. The second-order valence-electron chi connectivity index (χ2n) is 3.78. The number of nitrogens with two attached hydrogens (primary N) is 1. The van der Waals surface area contributed by atoms with Crippen molar-refractivity contribution < 1.29 is 4.79 Å². The van der Waals surface area contributed by atoms with Crippen molar-refractivity contribution in [3.63, 3.8) is 0 Å². The first kappa shape index (κ1) is 10.4. The monoisotopic (exact) mass is 226 g/mol. The van der Waals surface area contributed by atoms with E-state index in [4.69, 9.17) is 5.73 Å². The van der Waals surface area contributed by atoms with E-state index in [0.717, 1.165) is 0 Å². The van der Waals surface area contributed by atoms with Crippen LogP contribution in [0.3, 0.4) is 0 Å². The first-order valence-electron chi connectivity index (χ1n) is 4.79. The molecule has 1 fully saturated rings. The fourth-order valence-electron chi connectivity index (χ4n) is 1.38. The summed E-state index contributed by atoms with van der Waals surface area (Å²) in [6.07, 6.45) is 4.44. The maximum Gasteiger partial charge on any atom is 0.269 e. The van der Waals surface area contributed by atoms with Crippen LogP contribution in [-0.2, 0) is 0 Å². The fraction of sp³-hybridized carbons (Fsp3) is 0.556. The minimum absolute atomic E-state index is 0.139. The van der Waals surface area contributed by atoms with Crippen molar-refractivity contribution in [2.75, 3.05) is 18.5 Å². The molecule has 0 spiro atoms. The molecule has 6 heteroatoms. The maximum atomic E-state index is 11.6. The Morgan fingerprint density at radius 2 is 2.53 bits per heavy atom. The second-order valence-corrected chi connectivity index (χ2v) is 5.05. The minimum Gasteiger partial charge on any atom is -0.382 e. The Kier molecular flexibility index (Phi) is 2.60. The topological polar surface area (TPSA) is 83.8 Å². The number of aromatic nitrogens is 2. The van der Waals surface area contributed by atoms with Crippen LogP contribution in [-0.4, -0.2) is 33.7 Å². The second kappa shape index (κ2) is 3.77. The standard InChI is InChI=1S/C9H14N4OS/c1-15-9(2-3-9)5-11-8(14)6-4-7(10)13-12-6/h4H,2-3,5H2,1H3,(H,11,14)(H3,10,12,13). The van der Waals surface area contributed by atoms with Crippen LogP contribution in [0.5, 0.6) is 0 Å². The first-order valence-corrected chi connectivity index (χ1v) is 6.02. The number of thioether (sulfide) groups is 1. The van der Waals surface area contributed by atoms with Gasteiger partial charge in [-0.3, -0.25) is 9.89 Å². The lowest BCUT2D eigenvalue weighted by molar-refractivity contribution is 0.0948. The zero-order valence-corrected chi connectivity index (χ0v) is 9.36. The molecule has 1 saturated carbocycles. The third-order valence-electron chi connectivity index (χ3n) is 2.65. The number of carbonyl (C=O) groups is 1. The number of anilines is 1. The van der Waals surface area contributed by atoms with Gasteiger partial charge >= 0.3 is 0 Å². The van der Waals surface area contributed by atoms with Crippen molar-refractivity contribution in [2.24, 2.45) is 0 Å². The van der Waals surface area contributed by atoms with Crippen LogP contribution in [0.2, 0.25) is 0 Å².